The standard InChI is InChI=1S/C21H24N4O3/c1-3-25(4-2)19(26)14-7-15-5-12-18(13-6-15)28-20(27)16-8-10-17(11-9-16)24-21(22)23/h5-14H,3-4H2,1-2H3,(H4,22,23,24)/b14-7+. The van der Waals surface area contributed by atoms with Crippen molar-refractivity contribution in [1.29, 1.82) is 5.41 Å². The van der Waals surface area contributed by atoms with Crippen molar-refractivity contribution in [3.05, 3.63) is 65.7 Å². The van der Waals surface area contributed by atoms with E-state index in [2.05, 4.69) is 5.32 Å². The molecule has 0 aromatic heterocycles. The van der Waals surface area contributed by atoms with E-state index in [1.54, 1.807) is 59.5 Å². The zero-order valence-corrected chi connectivity index (χ0v) is 15.9. The van der Waals surface area contributed by atoms with E-state index in [4.69, 9.17) is 15.9 Å². The summed E-state index contributed by atoms with van der Waals surface area (Å²) in [5, 5.41) is 9.82. The van der Waals surface area contributed by atoms with E-state index >= 15 is 0 Å². The minimum absolute atomic E-state index is 0.0387. The smallest absolute Gasteiger partial charge is 0.343 e. The quantitative estimate of drug-likeness (QED) is 0.225. The van der Waals surface area contributed by atoms with Gasteiger partial charge in [-0.05, 0) is 61.9 Å². The zero-order chi connectivity index (χ0) is 20.5. The molecule has 1 amide bonds. The minimum Gasteiger partial charge on any atom is -0.423 e. The predicted octanol–water partition coefficient (Wildman–Crippen LogP) is 3.09. The molecule has 0 atom stereocenters. The Balaban J connectivity index is 1.97. The van der Waals surface area contributed by atoms with Gasteiger partial charge in [-0.1, -0.05) is 12.1 Å². The van der Waals surface area contributed by atoms with Gasteiger partial charge in [0.15, 0.2) is 5.96 Å². The van der Waals surface area contributed by atoms with Crippen LogP contribution in [0.4, 0.5) is 5.69 Å². The van der Waals surface area contributed by atoms with Crippen LogP contribution in [0.3, 0.4) is 0 Å². The van der Waals surface area contributed by atoms with Gasteiger partial charge in [0.2, 0.25) is 5.91 Å². The first-order valence-electron chi connectivity index (χ1n) is 8.93. The van der Waals surface area contributed by atoms with Gasteiger partial charge >= 0.3 is 5.97 Å². The molecule has 0 aliphatic rings. The van der Waals surface area contributed by atoms with Gasteiger partial charge in [0.05, 0.1) is 5.56 Å². The summed E-state index contributed by atoms with van der Waals surface area (Å²) in [5.41, 5.74) is 7.08. The summed E-state index contributed by atoms with van der Waals surface area (Å²) in [4.78, 5) is 25.9. The molecule has 0 bridgehead atoms. The van der Waals surface area contributed by atoms with Crippen molar-refractivity contribution in [2.75, 3.05) is 18.4 Å². The van der Waals surface area contributed by atoms with Gasteiger partial charge in [-0.3, -0.25) is 10.2 Å². The maximum Gasteiger partial charge on any atom is 0.343 e. The summed E-state index contributed by atoms with van der Waals surface area (Å²) in [6.07, 6.45) is 3.26. The van der Waals surface area contributed by atoms with Crippen LogP contribution >= 0.6 is 0 Å². The van der Waals surface area contributed by atoms with E-state index in [0.717, 1.165) is 5.56 Å². The van der Waals surface area contributed by atoms with Crippen LogP contribution in [-0.4, -0.2) is 35.8 Å². The number of benzene rings is 2. The Kier molecular flexibility index (Phi) is 7.33. The van der Waals surface area contributed by atoms with Crippen LogP contribution in [0.15, 0.2) is 54.6 Å². The van der Waals surface area contributed by atoms with Crippen molar-refractivity contribution < 1.29 is 14.3 Å². The van der Waals surface area contributed by atoms with Gasteiger partial charge in [-0.25, -0.2) is 4.79 Å². The molecule has 7 heteroatoms. The molecule has 0 spiro atoms. The largest absolute Gasteiger partial charge is 0.423 e. The Hall–Kier alpha value is -3.61. The number of carbonyl (C=O) groups is 2. The minimum atomic E-state index is -0.491. The number of rotatable bonds is 7. The second-order valence-electron chi connectivity index (χ2n) is 5.92. The SMILES string of the molecule is CCN(CC)C(=O)/C=C/c1ccc(OC(=O)c2ccc(NC(=N)N)cc2)cc1. The van der Waals surface area contributed by atoms with Crippen LogP contribution in [0.5, 0.6) is 5.75 Å². The van der Waals surface area contributed by atoms with Gasteiger partial charge in [-0.15, -0.1) is 0 Å². The van der Waals surface area contributed by atoms with Crippen molar-refractivity contribution >= 4 is 29.6 Å². The van der Waals surface area contributed by atoms with Crippen LogP contribution in [-0.2, 0) is 4.79 Å². The molecule has 0 heterocycles. The van der Waals surface area contributed by atoms with Crippen LogP contribution in [0.1, 0.15) is 29.8 Å². The summed E-state index contributed by atoms with van der Waals surface area (Å²) < 4.78 is 5.35. The molecule has 2 aromatic rings. The highest BCUT2D eigenvalue weighted by molar-refractivity contribution is 5.93. The Morgan fingerprint density at radius 1 is 1.07 bits per heavy atom. The number of amides is 1. The second kappa shape index (κ2) is 9.91. The van der Waals surface area contributed by atoms with Crippen molar-refractivity contribution in [3.8, 4) is 5.75 Å². The molecular formula is C21H24N4O3. The first-order chi connectivity index (χ1) is 13.4. The lowest BCUT2D eigenvalue weighted by atomic mass is 10.2. The fourth-order valence-corrected chi connectivity index (χ4v) is 2.47. The first kappa shape index (κ1) is 20.7. The molecule has 0 aliphatic heterocycles. The molecule has 28 heavy (non-hydrogen) atoms. The fourth-order valence-electron chi connectivity index (χ4n) is 2.47. The summed E-state index contributed by atoms with van der Waals surface area (Å²) in [5.74, 6) is -0.302. The normalized spacial score (nSPS) is 10.5. The molecule has 0 aliphatic carbocycles. The van der Waals surface area contributed by atoms with Crippen LogP contribution < -0.4 is 15.8 Å². The van der Waals surface area contributed by atoms with E-state index in [-0.39, 0.29) is 11.9 Å². The highest BCUT2D eigenvalue weighted by Gasteiger charge is 2.09. The maximum atomic E-state index is 12.2. The highest BCUT2D eigenvalue weighted by atomic mass is 16.5. The number of esters is 1. The molecule has 2 rings (SSSR count). The summed E-state index contributed by atoms with van der Waals surface area (Å²) in [6, 6.07) is 13.3. The number of anilines is 1. The van der Waals surface area contributed by atoms with Gasteiger partial charge < -0.3 is 20.7 Å². The summed E-state index contributed by atoms with van der Waals surface area (Å²) >= 11 is 0. The van der Waals surface area contributed by atoms with Crippen LogP contribution in [0.25, 0.3) is 6.08 Å². The van der Waals surface area contributed by atoms with Crippen molar-refractivity contribution in [3.63, 3.8) is 0 Å². The van der Waals surface area contributed by atoms with Gasteiger partial charge in [0, 0.05) is 24.9 Å². The summed E-state index contributed by atoms with van der Waals surface area (Å²) in [6.45, 7) is 5.21. The van der Waals surface area contributed by atoms with Gasteiger partial charge in [0.25, 0.3) is 0 Å². The molecule has 0 fully saturated rings. The molecule has 7 nitrogen and oxygen atoms in total. The van der Waals surface area contributed by atoms with E-state index in [1.165, 1.54) is 6.08 Å². The van der Waals surface area contributed by atoms with E-state index in [1.807, 2.05) is 13.8 Å². The third-order valence-corrected chi connectivity index (χ3v) is 3.98. The van der Waals surface area contributed by atoms with Gasteiger partial charge in [-0.2, -0.15) is 0 Å². The molecule has 146 valence electrons. The Labute approximate surface area is 164 Å². The third-order valence-electron chi connectivity index (χ3n) is 3.98. The van der Waals surface area contributed by atoms with Crippen molar-refractivity contribution in [1.82, 2.24) is 4.90 Å². The molecule has 0 saturated heterocycles. The van der Waals surface area contributed by atoms with Crippen molar-refractivity contribution in [2.24, 2.45) is 5.73 Å². The number of likely N-dealkylation sites (N-methyl/N-ethyl adjacent to an activating group) is 1. The molecule has 0 radical (unpaired) electrons. The number of carbonyl (C=O) groups excluding carboxylic acids is 2. The highest BCUT2D eigenvalue weighted by Crippen LogP contribution is 2.16. The third kappa shape index (κ3) is 5.98. The molecule has 0 unspecified atom stereocenters. The predicted molar refractivity (Wildman–Crippen MR) is 110 cm³/mol. The molecular weight excluding hydrogens is 356 g/mol. The lowest BCUT2D eigenvalue weighted by Crippen LogP contribution is -2.28. The fraction of sp³-hybridized carbons (Fsp3) is 0.190. The second-order valence-corrected chi connectivity index (χ2v) is 5.92. The molecule has 4 N–H and O–H groups in total. The molecule has 0 saturated carbocycles. The number of nitrogens with one attached hydrogen (secondary N) is 2. The number of hydrogen-bond acceptors (Lipinski definition) is 4. The van der Waals surface area contributed by atoms with E-state index in [9.17, 15) is 9.59 Å². The summed E-state index contributed by atoms with van der Waals surface area (Å²) in [7, 11) is 0. The lowest BCUT2D eigenvalue weighted by molar-refractivity contribution is -0.125. The number of nitrogens with zero attached hydrogens (tertiary/aromatic N) is 1. The Morgan fingerprint density at radius 3 is 2.21 bits per heavy atom. The van der Waals surface area contributed by atoms with Crippen LogP contribution in [0, 0.1) is 5.41 Å². The lowest BCUT2D eigenvalue weighted by Gasteiger charge is -2.15. The maximum absolute atomic E-state index is 12.2. The topological polar surface area (TPSA) is 109 Å². The number of hydrogen-bond donors (Lipinski definition) is 3. The number of guanidine groups is 1. The Morgan fingerprint density at radius 2 is 1.68 bits per heavy atom. The average Bonchev–Trinajstić information content (AvgIpc) is 2.68. The molecule has 2 aromatic carbocycles. The first-order valence-corrected chi connectivity index (χ1v) is 8.93. The zero-order valence-electron chi connectivity index (χ0n) is 15.9. The van der Waals surface area contributed by atoms with Gasteiger partial charge in [0.1, 0.15) is 5.75 Å². The Bertz CT molecular complexity index is 854. The van der Waals surface area contributed by atoms with E-state index in [0.29, 0.717) is 30.1 Å². The number of ether oxygens (including phenoxy) is 1. The van der Waals surface area contributed by atoms with Crippen molar-refractivity contribution in [2.45, 2.75) is 13.8 Å². The monoisotopic (exact) mass is 380 g/mol. The van der Waals surface area contributed by atoms with Crippen LogP contribution in [0.2, 0.25) is 0 Å². The average molecular weight is 380 g/mol. The number of nitrogens with two attached hydrogens (primary N) is 1. The van der Waals surface area contributed by atoms with E-state index < -0.39 is 5.97 Å².